The molecule has 0 saturated heterocycles. The lowest BCUT2D eigenvalue weighted by atomic mass is 9.98. The van der Waals surface area contributed by atoms with Crippen molar-refractivity contribution in [2.24, 2.45) is 0 Å². The van der Waals surface area contributed by atoms with Gasteiger partial charge in [-0.15, -0.1) is 0 Å². The first-order chi connectivity index (χ1) is 9.36. The van der Waals surface area contributed by atoms with E-state index in [2.05, 4.69) is 11.4 Å². The predicted molar refractivity (Wildman–Crippen MR) is 80.0 cm³/mol. The minimum absolute atomic E-state index is 0.526. The molecule has 0 heterocycles. The molecule has 2 rings (SSSR count). The van der Waals surface area contributed by atoms with E-state index in [4.69, 9.17) is 10.5 Å². The van der Waals surface area contributed by atoms with Crippen molar-refractivity contribution in [1.82, 2.24) is 5.32 Å². The van der Waals surface area contributed by atoms with Crippen LogP contribution in [-0.4, -0.2) is 19.3 Å². The molecule has 1 aliphatic carbocycles. The first kappa shape index (κ1) is 14.4. The Hall–Kier alpha value is -1.06. The molecule has 1 saturated carbocycles. The van der Waals surface area contributed by atoms with E-state index in [9.17, 15) is 0 Å². The van der Waals surface area contributed by atoms with Crippen molar-refractivity contribution in [3.63, 3.8) is 0 Å². The van der Waals surface area contributed by atoms with Gasteiger partial charge < -0.3 is 15.8 Å². The molecule has 19 heavy (non-hydrogen) atoms. The molecule has 0 aromatic heterocycles. The molecular weight excluding hydrogens is 236 g/mol. The van der Waals surface area contributed by atoms with Crippen LogP contribution in [0.3, 0.4) is 0 Å². The monoisotopic (exact) mass is 262 g/mol. The number of para-hydroxylation sites is 1. The molecule has 3 N–H and O–H groups in total. The number of ether oxygens (including phenoxy) is 1. The summed E-state index contributed by atoms with van der Waals surface area (Å²) >= 11 is 0. The number of benzene rings is 1. The van der Waals surface area contributed by atoms with Gasteiger partial charge in [-0.3, -0.25) is 0 Å². The Bertz CT molecular complexity index is 362. The molecule has 1 aromatic carbocycles. The largest absolute Gasteiger partial charge is 0.398 e. The maximum atomic E-state index is 5.89. The standard InChI is InChI=1S/C16H26N2O/c17-16-10-5-4-7-14(16)13-18-11-6-12-19-15-8-2-1-3-9-15/h4-5,7,10,15,18H,1-3,6,8-9,11-13,17H2. The highest BCUT2D eigenvalue weighted by Gasteiger charge is 2.12. The summed E-state index contributed by atoms with van der Waals surface area (Å²) in [6, 6.07) is 8.01. The van der Waals surface area contributed by atoms with Crippen molar-refractivity contribution in [2.45, 2.75) is 51.2 Å². The quantitative estimate of drug-likeness (QED) is 0.586. The van der Waals surface area contributed by atoms with Crippen LogP contribution in [0.25, 0.3) is 0 Å². The van der Waals surface area contributed by atoms with E-state index in [0.717, 1.165) is 31.8 Å². The van der Waals surface area contributed by atoms with Gasteiger partial charge in [0.05, 0.1) is 6.10 Å². The van der Waals surface area contributed by atoms with E-state index >= 15 is 0 Å². The number of nitrogen functional groups attached to an aromatic ring is 1. The van der Waals surface area contributed by atoms with Crippen LogP contribution in [0, 0.1) is 0 Å². The summed E-state index contributed by atoms with van der Waals surface area (Å²) in [5.41, 5.74) is 7.94. The van der Waals surface area contributed by atoms with E-state index in [-0.39, 0.29) is 0 Å². The Kier molecular flexibility index (Phi) is 6.18. The highest BCUT2D eigenvalue weighted by Crippen LogP contribution is 2.20. The summed E-state index contributed by atoms with van der Waals surface area (Å²) < 4.78 is 5.89. The SMILES string of the molecule is Nc1ccccc1CNCCCOC1CCCCC1. The summed E-state index contributed by atoms with van der Waals surface area (Å²) in [6.07, 6.45) is 8.19. The van der Waals surface area contributed by atoms with Gasteiger partial charge in [0.1, 0.15) is 0 Å². The molecule has 0 atom stereocenters. The topological polar surface area (TPSA) is 47.3 Å². The number of nitrogens with two attached hydrogens (primary N) is 1. The fraction of sp³-hybridized carbons (Fsp3) is 0.625. The van der Waals surface area contributed by atoms with Gasteiger partial charge in [-0.2, -0.15) is 0 Å². The van der Waals surface area contributed by atoms with E-state index in [1.54, 1.807) is 0 Å². The Labute approximate surface area is 116 Å². The Morgan fingerprint density at radius 2 is 1.95 bits per heavy atom. The average Bonchev–Trinajstić information content (AvgIpc) is 2.45. The molecule has 0 radical (unpaired) electrons. The molecule has 0 unspecified atom stereocenters. The minimum Gasteiger partial charge on any atom is -0.398 e. The number of nitrogens with one attached hydrogen (secondary N) is 1. The zero-order valence-electron chi connectivity index (χ0n) is 11.7. The fourth-order valence-electron chi connectivity index (χ4n) is 2.60. The number of rotatable bonds is 7. The second kappa shape index (κ2) is 8.18. The van der Waals surface area contributed by atoms with Gasteiger partial charge in [-0.1, -0.05) is 37.5 Å². The van der Waals surface area contributed by atoms with Gasteiger partial charge in [-0.05, 0) is 37.4 Å². The highest BCUT2D eigenvalue weighted by atomic mass is 16.5. The van der Waals surface area contributed by atoms with E-state index in [0.29, 0.717) is 6.10 Å². The first-order valence-corrected chi connectivity index (χ1v) is 7.52. The maximum absolute atomic E-state index is 5.89. The third-order valence-corrected chi connectivity index (χ3v) is 3.77. The molecule has 0 aliphatic heterocycles. The highest BCUT2D eigenvalue weighted by molar-refractivity contribution is 5.46. The number of anilines is 1. The molecule has 3 nitrogen and oxygen atoms in total. The zero-order valence-corrected chi connectivity index (χ0v) is 11.7. The summed E-state index contributed by atoms with van der Waals surface area (Å²) in [5, 5.41) is 3.42. The van der Waals surface area contributed by atoms with Gasteiger partial charge in [0.25, 0.3) is 0 Å². The van der Waals surface area contributed by atoms with Crippen molar-refractivity contribution in [3.05, 3.63) is 29.8 Å². The smallest absolute Gasteiger partial charge is 0.0575 e. The second-order valence-corrected chi connectivity index (χ2v) is 5.36. The lowest BCUT2D eigenvalue weighted by molar-refractivity contribution is 0.0273. The van der Waals surface area contributed by atoms with Gasteiger partial charge >= 0.3 is 0 Å². The van der Waals surface area contributed by atoms with Gasteiger partial charge in [0.2, 0.25) is 0 Å². The van der Waals surface area contributed by atoms with Crippen molar-refractivity contribution in [2.75, 3.05) is 18.9 Å². The summed E-state index contributed by atoms with van der Waals surface area (Å²) in [5.74, 6) is 0. The van der Waals surface area contributed by atoms with E-state index in [1.165, 1.54) is 37.7 Å². The molecule has 1 aromatic rings. The average molecular weight is 262 g/mol. The third kappa shape index (κ3) is 5.21. The van der Waals surface area contributed by atoms with Gasteiger partial charge in [-0.25, -0.2) is 0 Å². The molecule has 1 aliphatic rings. The lowest BCUT2D eigenvalue weighted by Crippen LogP contribution is -2.21. The molecule has 0 amide bonds. The van der Waals surface area contributed by atoms with Crippen LogP contribution in [0.5, 0.6) is 0 Å². The first-order valence-electron chi connectivity index (χ1n) is 7.52. The maximum Gasteiger partial charge on any atom is 0.0575 e. The van der Waals surface area contributed by atoms with Gasteiger partial charge in [0, 0.05) is 18.8 Å². The van der Waals surface area contributed by atoms with Crippen molar-refractivity contribution in [3.8, 4) is 0 Å². The van der Waals surface area contributed by atoms with Crippen LogP contribution in [0.2, 0.25) is 0 Å². The van der Waals surface area contributed by atoms with Crippen molar-refractivity contribution < 1.29 is 4.74 Å². The predicted octanol–water partition coefficient (Wildman–Crippen LogP) is 3.10. The summed E-state index contributed by atoms with van der Waals surface area (Å²) in [6.45, 7) is 2.71. The Morgan fingerprint density at radius 3 is 2.74 bits per heavy atom. The lowest BCUT2D eigenvalue weighted by Gasteiger charge is -2.21. The minimum atomic E-state index is 0.526. The normalized spacial score (nSPS) is 16.6. The number of hydrogen-bond donors (Lipinski definition) is 2. The summed E-state index contributed by atoms with van der Waals surface area (Å²) in [4.78, 5) is 0. The molecule has 106 valence electrons. The van der Waals surface area contributed by atoms with Gasteiger partial charge in [0.15, 0.2) is 0 Å². The van der Waals surface area contributed by atoms with Crippen molar-refractivity contribution >= 4 is 5.69 Å². The molecule has 1 fully saturated rings. The van der Waals surface area contributed by atoms with Crippen LogP contribution in [-0.2, 0) is 11.3 Å². The molecule has 0 spiro atoms. The van der Waals surface area contributed by atoms with Crippen molar-refractivity contribution in [1.29, 1.82) is 0 Å². The Morgan fingerprint density at radius 1 is 1.16 bits per heavy atom. The zero-order chi connectivity index (χ0) is 13.3. The second-order valence-electron chi connectivity index (χ2n) is 5.36. The van der Waals surface area contributed by atoms with E-state index < -0.39 is 0 Å². The van der Waals surface area contributed by atoms with Crippen LogP contribution in [0.15, 0.2) is 24.3 Å². The number of hydrogen-bond acceptors (Lipinski definition) is 3. The molecule has 0 bridgehead atoms. The van der Waals surface area contributed by atoms with Crippen LogP contribution >= 0.6 is 0 Å². The van der Waals surface area contributed by atoms with Crippen LogP contribution in [0.4, 0.5) is 5.69 Å². The molecular formula is C16H26N2O. The third-order valence-electron chi connectivity index (χ3n) is 3.77. The molecule has 3 heteroatoms. The summed E-state index contributed by atoms with van der Waals surface area (Å²) in [7, 11) is 0. The fourth-order valence-corrected chi connectivity index (χ4v) is 2.60. The Balaban J connectivity index is 1.51. The van der Waals surface area contributed by atoms with E-state index in [1.807, 2.05) is 18.2 Å². The van der Waals surface area contributed by atoms with Crippen LogP contribution in [0.1, 0.15) is 44.1 Å². The van der Waals surface area contributed by atoms with Crippen LogP contribution < -0.4 is 11.1 Å².